The summed E-state index contributed by atoms with van der Waals surface area (Å²) in [4.78, 5) is 18.3. The van der Waals surface area contributed by atoms with E-state index in [0.29, 0.717) is 12.3 Å². The molecule has 106 valence electrons. The number of aliphatic imine (C=N–C) groups is 1. The molecule has 0 radical (unpaired) electrons. The van der Waals surface area contributed by atoms with Crippen LogP contribution in [0.2, 0.25) is 0 Å². The van der Waals surface area contributed by atoms with E-state index in [1.54, 1.807) is 24.4 Å². The van der Waals surface area contributed by atoms with E-state index < -0.39 is 4.92 Å². The Balaban J connectivity index is 3.09. The highest BCUT2D eigenvalue weighted by Crippen LogP contribution is 2.28. The van der Waals surface area contributed by atoms with Gasteiger partial charge in [-0.05, 0) is 18.6 Å². The summed E-state index contributed by atoms with van der Waals surface area (Å²) in [7, 11) is 1.50. The van der Waals surface area contributed by atoms with Gasteiger partial charge in [-0.3, -0.25) is 15.1 Å². The summed E-state index contributed by atoms with van der Waals surface area (Å²) < 4.78 is 5.16. The van der Waals surface area contributed by atoms with Crippen LogP contribution in [0.4, 0.5) is 0 Å². The van der Waals surface area contributed by atoms with Crippen LogP contribution in [0.25, 0.3) is 0 Å². The van der Waals surface area contributed by atoms with E-state index in [1.165, 1.54) is 7.11 Å². The number of nitrogens with two attached hydrogens (primary N) is 1. The minimum Gasteiger partial charge on any atom is -0.481 e. The molecule has 1 unspecified atom stereocenters. The highest BCUT2D eigenvalue weighted by atomic mass is 16.6. The van der Waals surface area contributed by atoms with Gasteiger partial charge < -0.3 is 10.5 Å². The normalized spacial score (nSPS) is 13.2. The van der Waals surface area contributed by atoms with Gasteiger partial charge in [0.2, 0.25) is 5.88 Å². The molecule has 0 aliphatic rings. The molecule has 0 aromatic carbocycles. The predicted molar refractivity (Wildman–Crippen MR) is 76.1 cm³/mol. The Morgan fingerprint density at radius 1 is 1.75 bits per heavy atom. The minimum absolute atomic E-state index is 0.276. The number of methoxy groups -OCH3 is 1. The zero-order chi connectivity index (χ0) is 15.0. The molecule has 0 saturated heterocycles. The fourth-order valence-electron chi connectivity index (χ4n) is 1.57. The van der Waals surface area contributed by atoms with Gasteiger partial charge in [0.05, 0.1) is 24.3 Å². The highest BCUT2D eigenvalue weighted by Gasteiger charge is 2.15. The van der Waals surface area contributed by atoms with Gasteiger partial charge in [-0.2, -0.15) is 0 Å². The zero-order valence-corrected chi connectivity index (χ0v) is 11.1. The Labute approximate surface area is 116 Å². The summed E-state index contributed by atoms with van der Waals surface area (Å²) in [5.74, 6) is 0.427. The topological polar surface area (TPSA) is 104 Å². The Hall–Kier alpha value is -2.70. The van der Waals surface area contributed by atoms with Crippen molar-refractivity contribution >= 4 is 6.21 Å². The minimum atomic E-state index is -0.602. The van der Waals surface area contributed by atoms with E-state index in [4.69, 9.17) is 10.5 Å². The van der Waals surface area contributed by atoms with Crippen molar-refractivity contribution in [1.29, 1.82) is 0 Å². The van der Waals surface area contributed by atoms with Gasteiger partial charge in [-0.15, -0.1) is 6.58 Å². The van der Waals surface area contributed by atoms with Crippen molar-refractivity contribution in [2.75, 3.05) is 7.11 Å². The number of rotatable bonds is 7. The van der Waals surface area contributed by atoms with Gasteiger partial charge in [-0.1, -0.05) is 6.08 Å². The summed E-state index contributed by atoms with van der Waals surface area (Å²) in [5, 5.41) is 10.7. The molecule has 0 aliphatic heterocycles. The maximum Gasteiger partial charge on any atom is 0.302 e. The Morgan fingerprint density at radius 2 is 2.50 bits per heavy atom. The molecule has 0 aliphatic carbocycles. The fraction of sp³-hybridized carbons (Fsp3) is 0.231. The Kier molecular flexibility index (Phi) is 5.89. The zero-order valence-electron chi connectivity index (χ0n) is 11.1. The molecule has 0 spiro atoms. The molecule has 0 saturated carbocycles. The Bertz CT molecular complexity index is 540. The van der Waals surface area contributed by atoms with Crippen LogP contribution >= 0.6 is 0 Å². The van der Waals surface area contributed by atoms with Gasteiger partial charge in [0.15, 0.2) is 0 Å². The smallest absolute Gasteiger partial charge is 0.302 e. The van der Waals surface area contributed by atoms with Gasteiger partial charge in [0, 0.05) is 11.8 Å². The molecule has 0 bridgehead atoms. The summed E-state index contributed by atoms with van der Waals surface area (Å²) in [6, 6.07) is 3.18. The van der Waals surface area contributed by atoms with Crippen molar-refractivity contribution < 1.29 is 9.66 Å². The van der Waals surface area contributed by atoms with Gasteiger partial charge in [0.25, 0.3) is 0 Å². The third kappa shape index (κ3) is 3.91. The van der Waals surface area contributed by atoms with Crippen LogP contribution in [-0.2, 0) is 0 Å². The first-order valence-corrected chi connectivity index (χ1v) is 5.83. The predicted octanol–water partition coefficient (Wildman–Crippen LogP) is 1.85. The number of allylic oxidation sites excluding steroid dienone is 1. The van der Waals surface area contributed by atoms with E-state index >= 15 is 0 Å². The Morgan fingerprint density at radius 3 is 3.05 bits per heavy atom. The van der Waals surface area contributed by atoms with Crippen LogP contribution in [0, 0.1) is 10.1 Å². The lowest BCUT2D eigenvalue weighted by Crippen LogP contribution is -2.05. The van der Waals surface area contributed by atoms with Gasteiger partial charge in [0.1, 0.15) is 6.21 Å². The lowest BCUT2D eigenvalue weighted by molar-refractivity contribution is -0.414. The number of hydrogen-bond acceptors (Lipinski definition) is 6. The summed E-state index contributed by atoms with van der Waals surface area (Å²) in [6.07, 6.45) is 5.79. The van der Waals surface area contributed by atoms with Gasteiger partial charge in [-0.25, -0.2) is 4.98 Å². The second-order valence-electron chi connectivity index (χ2n) is 3.77. The molecule has 0 fully saturated rings. The molecule has 1 aromatic heterocycles. The van der Waals surface area contributed by atoms with E-state index in [9.17, 15) is 10.1 Å². The molecule has 1 heterocycles. The van der Waals surface area contributed by atoms with Gasteiger partial charge >= 0.3 is 5.70 Å². The monoisotopic (exact) mass is 276 g/mol. The van der Waals surface area contributed by atoms with E-state index in [-0.39, 0.29) is 11.7 Å². The molecule has 1 rings (SSSR count). The number of pyridine rings is 1. The van der Waals surface area contributed by atoms with Crippen LogP contribution < -0.4 is 10.5 Å². The first-order chi connectivity index (χ1) is 9.63. The molecule has 0 amide bonds. The largest absolute Gasteiger partial charge is 0.481 e. The third-order valence-corrected chi connectivity index (χ3v) is 2.51. The number of ether oxygens (including phenoxy) is 1. The van der Waals surface area contributed by atoms with Crippen molar-refractivity contribution in [3.63, 3.8) is 0 Å². The molecule has 7 nitrogen and oxygen atoms in total. The molecule has 1 atom stereocenters. The third-order valence-electron chi connectivity index (χ3n) is 2.51. The number of nitrogens with zero attached hydrogens (tertiary/aromatic N) is 3. The maximum atomic E-state index is 10.7. The molecular formula is C13H16N4O3. The second kappa shape index (κ2) is 7.67. The average Bonchev–Trinajstić information content (AvgIpc) is 2.46. The van der Waals surface area contributed by atoms with Crippen LogP contribution in [-0.4, -0.2) is 23.2 Å². The van der Waals surface area contributed by atoms with Crippen LogP contribution in [0.3, 0.4) is 0 Å². The fourth-order valence-corrected chi connectivity index (χ4v) is 1.57. The standard InChI is InChI=1S/C13H16N4O3/c1-3-5-12(16-9-10(8-14)17(18)19)11-6-4-7-15-13(11)20-2/h3-4,6-9,12H,1,5,14H2,2H3. The molecule has 20 heavy (non-hydrogen) atoms. The lowest BCUT2D eigenvalue weighted by Gasteiger charge is -2.13. The van der Waals surface area contributed by atoms with E-state index in [0.717, 1.165) is 18.0 Å². The quantitative estimate of drug-likeness (QED) is 0.354. The van der Waals surface area contributed by atoms with Crippen molar-refractivity contribution in [3.8, 4) is 5.88 Å². The number of hydrogen-bond donors (Lipinski definition) is 1. The average molecular weight is 276 g/mol. The van der Waals surface area contributed by atoms with Crippen molar-refractivity contribution in [3.05, 3.63) is 58.6 Å². The van der Waals surface area contributed by atoms with Crippen molar-refractivity contribution in [2.24, 2.45) is 10.7 Å². The van der Waals surface area contributed by atoms with Crippen LogP contribution in [0.1, 0.15) is 18.0 Å². The maximum absolute atomic E-state index is 10.7. The second-order valence-corrected chi connectivity index (χ2v) is 3.77. The number of nitro groups is 1. The van der Waals surface area contributed by atoms with Crippen molar-refractivity contribution in [1.82, 2.24) is 4.98 Å². The van der Waals surface area contributed by atoms with Crippen LogP contribution in [0.15, 0.2) is 47.9 Å². The number of aromatic nitrogens is 1. The van der Waals surface area contributed by atoms with Crippen LogP contribution in [0.5, 0.6) is 5.88 Å². The highest BCUT2D eigenvalue weighted by molar-refractivity contribution is 5.75. The molecular weight excluding hydrogens is 260 g/mol. The summed E-state index contributed by atoms with van der Waals surface area (Å²) in [5.41, 5.74) is 5.63. The molecule has 2 N–H and O–H groups in total. The van der Waals surface area contributed by atoms with E-state index in [2.05, 4.69) is 16.6 Å². The summed E-state index contributed by atoms with van der Waals surface area (Å²) >= 11 is 0. The molecule has 1 aromatic rings. The first-order valence-electron chi connectivity index (χ1n) is 5.83. The molecule has 7 heteroatoms. The summed E-state index contributed by atoms with van der Waals surface area (Å²) in [6.45, 7) is 3.66. The first kappa shape index (κ1) is 15.4. The SMILES string of the molecule is C=CCC(N=CC(=CN)[N+](=O)[O-])c1cccnc1OC. The van der Waals surface area contributed by atoms with Crippen molar-refractivity contribution in [2.45, 2.75) is 12.5 Å². The van der Waals surface area contributed by atoms with E-state index in [1.807, 2.05) is 0 Å². The lowest BCUT2D eigenvalue weighted by atomic mass is 10.1.